The Hall–Kier alpha value is -3.40. The lowest BCUT2D eigenvalue weighted by Gasteiger charge is -2.29. The molecule has 0 fully saturated rings. The van der Waals surface area contributed by atoms with E-state index in [0.29, 0.717) is 32.5 Å². The van der Waals surface area contributed by atoms with Crippen molar-refractivity contribution in [3.63, 3.8) is 0 Å². The highest BCUT2D eigenvalue weighted by Crippen LogP contribution is 2.36. The molecule has 0 aliphatic heterocycles. The van der Waals surface area contributed by atoms with Gasteiger partial charge in [0.05, 0.1) is 5.70 Å². The summed E-state index contributed by atoms with van der Waals surface area (Å²) in [6.45, 7) is 0. The van der Waals surface area contributed by atoms with Crippen molar-refractivity contribution in [1.82, 2.24) is 0 Å². The molecule has 0 amide bonds. The lowest BCUT2D eigenvalue weighted by Crippen LogP contribution is -2.31. The highest BCUT2D eigenvalue weighted by molar-refractivity contribution is 6.52. The van der Waals surface area contributed by atoms with Crippen molar-refractivity contribution < 1.29 is 9.59 Å². The summed E-state index contributed by atoms with van der Waals surface area (Å²) >= 11 is 12.1. The van der Waals surface area contributed by atoms with Crippen molar-refractivity contribution in [2.75, 3.05) is 4.90 Å². The molecule has 5 rings (SSSR count). The smallest absolute Gasteiger partial charge is 0.250 e. The van der Waals surface area contributed by atoms with Crippen LogP contribution in [-0.4, -0.2) is 11.6 Å². The molecule has 0 radical (unpaired) electrons. The van der Waals surface area contributed by atoms with Crippen LogP contribution in [0.15, 0.2) is 90.6 Å². The van der Waals surface area contributed by atoms with E-state index in [1.165, 1.54) is 0 Å². The zero-order valence-corrected chi connectivity index (χ0v) is 17.7. The number of allylic oxidation sites excluding steroid dienone is 1. The van der Waals surface area contributed by atoms with Gasteiger partial charge in [-0.3, -0.25) is 9.59 Å². The number of ketones is 2. The number of nitrogens with zero attached hydrogens (tertiary/aromatic N) is 1. The van der Waals surface area contributed by atoms with Gasteiger partial charge in [-0.2, -0.15) is 0 Å². The number of fused-ring (bicyclic) bond motifs is 2. The maximum atomic E-state index is 13.2. The SMILES string of the molecule is O=C1C(=O)c2cc3ccccc3cc2C=C1N(c1ccc(Cl)cc1)c1ccc(Cl)cc1. The van der Waals surface area contributed by atoms with Crippen LogP contribution in [-0.2, 0) is 4.79 Å². The quantitative estimate of drug-likeness (QED) is 0.317. The van der Waals surface area contributed by atoms with Crippen LogP contribution in [0.25, 0.3) is 16.8 Å². The summed E-state index contributed by atoms with van der Waals surface area (Å²) in [5.41, 5.74) is 2.83. The van der Waals surface area contributed by atoms with E-state index in [1.54, 1.807) is 41.3 Å². The van der Waals surface area contributed by atoms with Gasteiger partial charge >= 0.3 is 0 Å². The first-order valence-corrected chi connectivity index (χ1v) is 10.4. The molecule has 0 atom stereocenters. The minimum Gasteiger partial charge on any atom is -0.307 e. The highest BCUT2D eigenvalue weighted by Gasteiger charge is 2.32. The van der Waals surface area contributed by atoms with Gasteiger partial charge in [-0.15, -0.1) is 0 Å². The first-order valence-electron chi connectivity index (χ1n) is 9.66. The molecule has 0 saturated carbocycles. The number of halogens is 2. The van der Waals surface area contributed by atoms with E-state index in [-0.39, 0.29) is 5.70 Å². The predicted octanol–water partition coefficient (Wildman–Crippen LogP) is 7.09. The fourth-order valence-electron chi connectivity index (χ4n) is 3.80. The van der Waals surface area contributed by atoms with E-state index >= 15 is 0 Å². The molecular formula is C26H15Cl2NO2. The average molecular weight is 444 g/mol. The Morgan fingerprint density at radius 1 is 0.613 bits per heavy atom. The summed E-state index contributed by atoms with van der Waals surface area (Å²) in [6.07, 6.45) is 1.77. The molecule has 1 aliphatic rings. The normalized spacial score (nSPS) is 13.2. The summed E-state index contributed by atoms with van der Waals surface area (Å²) in [4.78, 5) is 28.1. The van der Waals surface area contributed by atoms with Crippen molar-refractivity contribution in [2.45, 2.75) is 0 Å². The molecule has 0 aromatic heterocycles. The average Bonchev–Trinajstić information content (AvgIpc) is 2.79. The van der Waals surface area contributed by atoms with Gasteiger partial charge < -0.3 is 4.90 Å². The van der Waals surface area contributed by atoms with Crippen LogP contribution in [0.3, 0.4) is 0 Å². The molecule has 4 aromatic rings. The molecule has 0 spiro atoms. The standard InChI is InChI=1S/C26H15Cl2NO2/c27-19-5-9-21(10-6-19)29(22-11-7-20(28)8-12-22)24-15-18-13-16-3-1-2-4-17(16)14-23(18)25(30)26(24)31/h1-15H. The molecule has 0 saturated heterocycles. The summed E-state index contributed by atoms with van der Waals surface area (Å²) in [6, 6.07) is 25.7. The molecule has 0 bridgehead atoms. The van der Waals surface area contributed by atoms with Gasteiger partial charge in [0.1, 0.15) is 0 Å². The lowest BCUT2D eigenvalue weighted by molar-refractivity contribution is -0.111. The monoisotopic (exact) mass is 443 g/mol. The highest BCUT2D eigenvalue weighted by atomic mass is 35.5. The minimum atomic E-state index is -0.562. The van der Waals surface area contributed by atoms with Gasteiger partial charge in [0.2, 0.25) is 11.6 Å². The zero-order chi connectivity index (χ0) is 21.5. The van der Waals surface area contributed by atoms with Crippen molar-refractivity contribution in [2.24, 2.45) is 0 Å². The van der Waals surface area contributed by atoms with Crippen LogP contribution >= 0.6 is 23.2 Å². The Morgan fingerprint density at radius 3 is 1.68 bits per heavy atom. The number of carbonyl (C=O) groups excluding carboxylic acids is 2. The molecule has 3 nitrogen and oxygen atoms in total. The van der Waals surface area contributed by atoms with Crippen LogP contribution in [0.5, 0.6) is 0 Å². The molecule has 1 aliphatic carbocycles. The van der Waals surface area contributed by atoms with E-state index in [0.717, 1.165) is 10.8 Å². The first kappa shape index (κ1) is 19.6. The van der Waals surface area contributed by atoms with Gasteiger partial charge in [-0.25, -0.2) is 0 Å². The topological polar surface area (TPSA) is 37.4 Å². The molecule has 150 valence electrons. The second-order valence-corrected chi connectivity index (χ2v) is 8.14. The molecule has 0 unspecified atom stereocenters. The van der Waals surface area contributed by atoms with Crippen LogP contribution in [0, 0.1) is 0 Å². The van der Waals surface area contributed by atoms with Crippen molar-refractivity contribution in [3.8, 4) is 0 Å². The van der Waals surface area contributed by atoms with Gasteiger partial charge in [0.25, 0.3) is 0 Å². The summed E-state index contributed by atoms with van der Waals surface area (Å²) in [7, 11) is 0. The third kappa shape index (κ3) is 3.52. The minimum absolute atomic E-state index is 0.275. The Kier molecular flexibility index (Phi) is 4.85. The third-order valence-electron chi connectivity index (χ3n) is 5.30. The number of carbonyl (C=O) groups is 2. The fraction of sp³-hybridized carbons (Fsp3) is 0. The van der Waals surface area contributed by atoms with E-state index in [9.17, 15) is 9.59 Å². The molecule has 5 heteroatoms. The van der Waals surface area contributed by atoms with Crippen LogP contribution < -0.4 is 4.90 Å². The molecule has 4 aromatic carbocycles. The van der Waals surface area contributed by atoms with Gasteiger partial charge in [0.15, 0.2) is 0 Å². The second kappa shape index (κ2) is 7.69. The largest absolute Gasteiger partial charge is 0.307 e. The van der Waals surface area contributed by atoms with Crippen LogP contribution in [0.2, 0.25) is 10.0 Å². The van der Waals surface area contributed by atoms with Gasteiger partial charge in [0, 0.05) is 27.0 Å². The van der Waals surface area contributed by atoms with E-state index in [4.69, 9.17) is 23.2 Å². The fourth-order valence-corrected chi connectivity index (χ4v) is 4.05. The van der Waals surface area contributed by atoms with Gasteiger partial charge in [-0.05, 0) is 83.1 Å². The molecule has 0 heterocycles. The Labute approximate surface area is 189 Å². The van der Waals surface area contributed by atoms with Crippen LogP contribution in [0.1, 0.15) is 15.9 Å². The predicted molar refractivity (Wildman–Crippen MR) is 126 cm³/mol. The number of rotatable bonds is 3. The van der Waals surface area contributed by atoms with Crippen LogP contribution in [0.4, 0.5) is 11.4 Å². The third-order valence-corrected chi connectivity index (χ3v) is 5.81. The maximum absolute atomic E-state index is 13.2. The number of Topliss-reactive ketones (excluding diaryl/α,β-unsaturated/α-hetero) is 2. The molecule has 0 N–H and O–H groups in total. The molecule has 31 heavy (non-hydrogen) atoms. The lowest BCUT2D eigenvalue weighted by atomic mass is 9.89. The van der Waals surface area contributed by atoms with E-state index < -0.39 is 11.6 Å². The maximum Gasteiger partial charge on any atom is 0.250 e. The Balaban J connectivity index is 1.73. The number of hydrogen-bond acceptors (Lipinski definition) is 3. The van der Waals surface area contributed by atoms with Gasteiger partial charge in [-0.1, -0.05) is 47.5 Å². The summed E-state index contributed by atoms with van der Waals surface area (Å²) in [5, 5.41) is 3.09. The van der Waals surface area contributed by atoms with Crippen molar-refractivity contribution in [3.05, 3.63) is 112 Å². The molecular weight excluding hydrogens is 429 g/mol. The van der Waals surface area contributed by atoms with E-state index in [2.05, 4.69) is 0 Å². The van der Waals surface area contributed by atoms with E-state index in [1.807, 2.05) is 54.6 Å². The Morgan fingerprint density at radius 2 is 1.13 bits per heavy atom. The number of anilines is 2. The van der Waals surface area contributed by atoms with Crippen molar-refractivity contribution in [1.29, 1.82) is 0 Å². The summed E-state index contributed by atoms with van der Waals surface area (Å²) < 4.78 is 0. The second-order valence-electron chi connectivity index (χ2n) is 7.26. The first-order chi connectivity index (χ1) is 15.0. The van der Waals surface area contributed by atoms with Crippen molar-refractivity contribution >= 4 is 63.0 Å². The zero-order valence-electron chi connectivity index (χ0n) is 16.2. The number of benzene rings is 4. The number of hydrogen-bond donors (Lipinski definition) is 0. The summed E-state index contributed by atoms with van der Waals surface area (Å²) in [5.74, 6) is -1.08. The Bertz CT molecular complexity index is 1330.